The van der Waals surface area contributed by atoms with Crippen LogP contribution in [0.15, 0.2) is 6.20 Å². The number of aryl methyl sites for hydroxylation is 1. The van der Waals surface area contributed by atoms with Crippen molar-refractivity contribution in [3.63, 3.8) is 0 Å². The number of nitrogens with two attached hydrogens (primary N) is 1. The van der Waals surface area contributed by atoms with Crippen molar-refractivity contribution in [2.24, 2.45) is 11.7 Å². The van der Waals surface area contributed by atoms with E-state index in [2.05, 4.69) is 41.4 Å². The van der Waals surface area contributed by atoms with E-state index in [-0.39, 0.29) is 0 Å². The van der Waals surface area contributed by atoms with E-state index in [0.717, 1.165) is 37.7 Å². The second-order valence-corrected chi connectivity index (χ2v) is 5.58. The topological polar surface area (TPSA) is 47.1 Å². The third-order valence-corrected chi connectivity index (χ3v) is 3.18. The van der Waals surface area contributed by atoms with E-state index in [1.165, 1.54) is 6.42 Å². The van der Waals surface area contributed by atoms with Crippen molar-refractivity contribution in [3.8, 4) is 0 Å². The van der Waals surface area contributed by atoms with Crippen LogP contribution >= 0.6 is 0 Å². The van der Waals surface area contributed by atoms with E-state index in [0.29, 0.717) is 12.0 Å². The van der Waals surface area contributed by atoms with Gasteiger partial charge in [-0.25, -0.2) is 4.98 Å². The van der Waals surface area contributed by atoms with Crippen LogP contribution in [0.2, 0.25) is 0 Å². The molecule has 1 fully saturated rings. The molecule has 0 spiro atoms. The number of rotatable bonds is 3. The Morgan fingerprint density at radius 3 is 2.94 bits per heavy atom. The molecule has 2 heterocycles. The fraction of sp³-hybridized carbons (Fsp3) is 0.769. The Hall–Kier alpha value is -1.03. The van der Waals surface area contributed by atoms with E-state index >= 15 is 0 Å². The number of anilines is 1. The second-order valence-electron chi connectivity index (χ2n) is 5.58. The van der Waals surface area contributed by atoms with Gasteiger partial charge in [0.2, 0.25) is 5.95 Å². The van der Waals surface area contributed by atoms with E-state index in [9.17, 15) is 0 Å². The highest BCUT2D eigenvalue weighted by Crippen LogP contribution is 2.20. The van der Waals surface area contributed by atoms with Crippen molar-refractivity contribution >= 4 is 5.95 Å². The fourth-order valence-electron chi connectivity index (χ4n) is 2.51. The van der Waals surface area contributed by atoms with Crippen LogP contribution in [0, 0.1) is 12.8 Å². The molecule has 2 rings (SSSR count). The second kappa shape index (κ2) is 5.08. The number of nitrogens with zero attached hydrogens (tertiary/aromatic N) is 3. The van der Waals surface area contributed by atoms with Gasteiger partial charge in [0, 0.05) is 31.9 Å². The fourth-order valence-corrected chi connectivity index (χ4v) is 2.51. The summed E-state index contributed by atoms with van der Waals surface area (Å²) in [6, 6.07) is 0.299. The monoisotopic (exact) mass is 236 g/mol. The van der Waals surface area contributed by atoms with Crippen LogP contribution in [0.1, 0.15) is 32.4 Å². The number of imidazole rings is 1. The maximum absolute atomic E-state index is 6.04. The minimum absolute atomic E-state index is 0.299. The summed E-state index contributed by atoms with van der Waals surface area (Å²) < 4.78 is 2.28. The Morgan fingerprint density at radius 1 is 1.53 bits per heavy atom. The standard InChI is InChI=1S/C13H24N4/c1-10(2)7-17-8-11(3)15-13(17)16-6-4-5-12(14)9-16/h8,10,12H,4-7,9,14H2,1-3H3. The van der Waals surface area contributed by atoms with Crippen molar-refractivity contribution in [2.45, 2.75) is 46.2 Å². The van der Waals surface area contributed by atoms with Crippen LogP contribution in [-0.2, 0) is 6.54 Å². The van der Waals surface area contributed by atoms with Crippen molar-refractivity contribution in [2.75, 3.05) is 18.0 Å². The molecule has 0 amide bonds. The maximum atomic E-state index is 6.04. The molecule has 2 N–H and O–H groups in total. The minimum atomic E-state index is 0.299. The first-order valence-corrected chi connectivity index (χ1v) is 6.60. The van der Waals surface area contributed by atoms with Gasteiger partial charge in [0.15, 0.2) is 0 Å². The molecular formula is C13H24N4. The predicted molar refractivity (Wildman–Crippen MR) is 71.2 cm³/mol. The van der Waals surface area contributed by atoms with Crippen LogP contribution in [-0.4, -0.2) is 28.7 Å². The zero-order valence-electron chi connectivity index (χ0n) is 11.2. The summed E-state index contributed by atoms with van der Waals surface area (Å²) in [4.78, 5) is 6.99. The van der Waals surface area contributed by atoms with E-state index in [1.807, 2.05) is 0 Å². The highest BCUT2D eigenvalue weighted by molar-refractivity contribution is 5.34. The highest BCUT2D eigenvalue weighted by atomic mass is 15.3. The van der Waals surface area contributed by atoms with E-state index in [4.69, 9.17) is 5.73 Å². The molecule has 0 aromatic carbocycles. The molecule has 1 atom stereocenters. The van der Waals surface area contributed by atoms with Crippen LogP contribution in [0.5, 0.6) is 0 Å². The summed E-state index contributed by atoms with van der Waals surface area (Å²) in [5.74, 6) is 1.74. The lowest BCUT2D eigenvalue weighted by Gasteiger charge is -2.32. The molecule has 1 saturated heterocycles. The molecule has 4 nitrogen and oxygen atoms in total. The van der Waals surface area contributed by atoms with Gasteiger partial charge >= 0.3 is 0 Å². The lowest BCUT2D eigenvalue weighted by Crippen LogP contribution is -2.44. The highest BCUT2D eigenvalue weighted by Gasteiger charge is 2.21. The molecule has 4 heteroatoms. The molecule has 1 aromatic rings. The first kappa shape index (κ1) is 12.4. The average molecular weight is 236 g/mol. The average Bonchev–Trinajstić information content (AvgIpc) is 2.58. The van der Waals surface area contributed by atoms with Crippen LogP contribution in [0.25, 0.3) is 0 Å². The third kappa shape index (κ3) is 3.00. The Morgan fingerprint density at radius 2 is 2.29 bits per heavy atom. The molecule has 1 unspecified atom stereocenters. The van der Waals surface area contributed by atoms with Crippen molar-refractivity contribution < 1.29 is 0 Å². The first-order valence-electron chi connectivity index (χ1n) is 6.60. The van der Waals surface area contributed by atoms with Crippen LogP contribution < -0.4 is 10.6 Å². The summed E-state index contributed by atoms with van der Waals surface area (Å²) in [7, 11) is 0. The van der Waals surface area contributed by atoms with Gasteiger partial charge in [0.05, 0.1) is 5.69 Å². The molecule has 1 aliphatic heterocycles. The number of hydrogen-bond acceptors (Lipinski definition) is 3. The van der Waals surface area contributed by atoms with Gasteiger partial charge in [-0.15, -0.1) is 0 Å². The first-order chi connectivity index (χ1) is 8.06. The van der Waals surface area contributed by atoms with E-state index in [1.54, 1.807) is 0 Å². The van der Waals surface area contributed by atoms with E-state index < -0.39 is 0 Å². The number of hydrogen-bond donors (Lipinski definition) is 1. The molecule has 0 saturated carbocycles. The van der Waals surface area contributed by atoms with Gasteiger partial charge in [0.1, 0.15) is 0 Å². The molecule has 17 heavy (non-hydrogen) atoms. The smallest absolute Gasteiger partial charge is 0.205 e. The van der Waals surface area contributed by atoms with Gasteiger partial charge in [-0.05, 0) is 25.7 Å². The van der Waals surface area contributed by atoms with Gasteiger partial charge in [-0.2, -0.15) is 0 Å². The predicted octanol–water partition coefficient (Wildman–Crippen LogP) is 1.78. The molecule has 1 aromatic heterocycles. The summed E-state index contributed by atoms with van der Waals surface area (Å²) in [6.45, 7) is 9.59. The van der Waals surface area contributed by atoms with Gasteiger partial charge in [-0.3, -0.25) is 0 Å². The van der Waals surface area contributed by atoms with Gasteiger partial charge in [-0.1, -0.05) is 13.8 Å². The zero-order valence-corrected chi connectivity index (χ0v) is 11.2. The van der Waals surface area contributed by atoms with Gasteiger partial charge in [0.25, 0.3) is 0 Å². The molecule has 0 bridgehead atoms. The largest absolute Gasteiger partial charge is 0.341 e. The third-order valence-electron chi connectivity index (χ3n) is 3.18. The van der Waals surface area contributed by atoms with Crippen molar-refractivity contribution in [3.05, 3.63) is 11.9 Å². The summed E-state index contributed by atoms with van der Waals surface area (Å²) in [6.07, 6.45) is 4.46. The SMILES string of the molecule is Cc1cn(CC(C)C)c(N2CCCC(N)C2)n1. The van der Waals surface area contributed by atoms with Crippen molar-refractivity contribution in [1.82, 2.24) is 9.55 Å². The summed E-state index contributed by atoms with van der Waals surface area (Å²) >= 11 is 0. The number of aromatic nitrogens is 2. The molecular weight excluding hydrogens is 212 g/mol. The van der Waals surface area contributed by atoms with Crippen LogP contribution in [0.3, 0.4) is 0 Å². The molecule has 0 radical (unpaired) electrons. The lowest BCUT2D eigenvalue weighted by molar-refractivity contribution is 0.475. The van der Waals surface area contributed by atoms with Crippen LogP contribution in [0.4, 0.5) is 5.95 Å². The molecule has 1 aliphatic rings. The minimum Gasteiger partial charge on any atom is -0.341 e. The van der Waals surface area contributed by atoms with Crippen molar-refractivity contribution in [1.29, 1.82) is 0 Å². The summed E-state index contributed by atoms with van der Waals surface area (Å²) in [5.41, 5.74) is 7.14. The normalized spacial score (nSPS) is 21.2. The lowest BCUT2D eigenvalue weighted by atomic mass is 10.1. The maximum Gasteiger partial charge on any atom is 0.205 e. The van der Waals surface area contributed by atoms with Gasteiger partial charge < -0.3 is 15.2 Å². The molecule has 96 valence electrons. The Bertz CT molecular complexity index is 369. The Labute approximate surface area is 104 Å². The summed E-state index contributed by atoms with van der Waals surface area (Å²) in [5, 5.41) is 0. The zero-order chi connectivity index (χ0) is 12.4. The number of piperidine rings is 1. The Balaban J connectivity index is 2.18. The molecule has 0 aliphatic carbocycles. The Kier molecular flexibility index (Phi) is 3.72. The quantitative estimate of drug-likeness (QED) is 0.870.